The zero-order valence-corrected chi connectivity index (χ0v) is 9.45. The molecule has 0 aliphatic carbocycles. The lowest BCUT2D eigenvalue weighted by atomic mass is 10.4. The van der Waals surface area contributed by atoms with Gasteiger partial charge in [0.1, 0.15) is 5.15 Å². The normalized spacial score (nSPS) is 10.8. The first kappa shape index (κ1) is 10.8. The Labute approximate surface area is 87.7 Å². The summed E-state index contributed by atoms with van der Waals surface area (Å²) < 4.78 is 0. The summed E-state index contributed by atoms with van der Waals surface area (Å²) in [5.41, 5.74) is 0. The number of aromatic nitrogens is 1. The lowest BCUT2D eigenvalue weighted by molar-refractivity contribution is 0.405. The molecule has 0 aliphatic rings. The van der Waals surface area contributed by atoms with Gasteiger partial charge in [-0.1, -0.05) is 11.6 Å². The minimum atomic E-state index is 0.570. The van der Waals surface area contributed by atoms with Gasteiger partial charge in [-0.25, -0.2) is 4.98 Å². The third kappa shape index (κ3) is 4.45. The predicted molar refractivity (Wildman–Crippen MR) is 58.8 cm³/mol. The van der Waals surface area contributed by atoms with Crippen molar-refractivity contribution in [1.29, 1.82) is 0 Å². The molecular weight excluding hydrogens is 206 g/mol. The van der Waals surface area contributed by atoms with E-state index in [2.05, 4.69) is 29.3 Å². The molecule has 5 heteroatoms. The largest absolute Gasteiger partial charge is 0.361 e. The maximum atomic E-state index is 5.67. The van der Waals surface area contributed by atoms with Crippen LogP contribution in [0.1, 0.15) is 6.42 Å². The van der Waals surface area contributed by atoms with Crippen LogP contribution in [0.15, 0.2) is 5.38 Å². The highest BCUT2D eigenvalue weighted by Gasteiger charge is 1.97. The third-order valence-corrected chi connectivity index (χ3v) is 2.66. The van der Waals surface area contributed by atoms with E-state index in [0.717, 1.165) is 24.6 Å². The number of anilines is 1. The highest BCUT2D eigenvalue weighted by Crippen LogP contribution is 2.18. The Morgan fingerprint density at radius 2 is 2.38 bits per heavy atom. The second kappa shape index (κ2) is 5.42. The molecule has 3 nitrogen and oxygen atoms in total. The van der Waals surface area contributed by atoms with Gasteiger partial charge in [0.05, 0.1) is 0 Å². The Morgan fingerprint density at radius 1 is 1.62 bits per heavy atom. The fourth-order valence-electron chi connectivity index (χ4n) is 0.926. The molecule has 0 spiro atoms. The van der Waals surface area contributed by atoms with Gasteiger partial charge >= 0.3 is 0 Å². The van der Waals surface area contributed by atoms with Crippen molar-refractivity contribution in [2.75, 3.05) is 32.5 Å². The summed E-state index contributed by atoms with van der Waals surface area (Å²) in [6, 6.07) is 0. The van der Waals surface area contributed by atoms with Crippen molar-refractivity contribution in [3.8, 4) is 0 Å². The van der Waals surface area contributed by atoms with Crippen molar-refractivity contribution >= 4 is 28.1 Å². The second-order valence-electron chi connectivity index (χ2n) is 3.06. The number of halogens is 1. The molecule has 0 atom stereocenters. The SMILES string of the molecule is CN(C)CCCNc1nc(Cl)cs1. The minimum Gasteiger partial charge on any atom is -0.361 e. The van der Waals surface area contributed by atoms with E-state index in [-0.39, 0.29) is 0 Å². The molecule has 0 aromatic carbocycles. The summed E-state index contributed by atoms with van der Waals surface area (Å²) in [4.78, 5) is 6.25. The van der Waals surface area contributed by atoms with E-state index >= 15 is 0 Å². The molecule has 0 fully saturated rings. The molecule has 13 heavy (non-hydrogen) atoms. The quantitative estimate of drug-likeness (QED) is 0.770. The maximum absolute atomic E-state index is 5.67. The summed E-state index contributed by atoms with van der Waals surface area (Å²) in [5.74, 6) is 0. The highest BCUT2D eigenvalue weighted by molar-refractivity contribution is 7.14. The number of hydrogen-bond acceptors (Lipinski definition) is 4. The smallest absolute Gasteiger partial charge is 0.184 e. The summed E-state index contributed by atoms with van der Waals surface area (Å²) in [6.45, 7) is 2.04. The van der Waals surface area contributed by atoms with E-state index in [1.54, 1.807) is 11.3 Å². The molecule has 1 aromatic rings. The van der Waals surface area contributed by atoms with Crippen LogP contribution >= 0.6 is 22.9 Å². The molecule has 1 aromatic heterocycles. The second-order valence-corrected chi connectivity index (χ2v) is 4.30. The molecular formula is C8H14ClN3S. The van der Waals surface area contributed by atoms with E-state index in [1.807, 2.05) is 5.38 Å². The van der Waals surface area contributed by atoms with Crippen molar-refractivity contribution in [3.05, 3.63) is 10.5 Å². The van der Waals surface area contributed by atoms with Crippen molar-refractivity contribution in [1.82, 2.24) is 9.88 Å². The molecule has 1 heterocycles. The van der Waals surface area contributed by atoms with Crippen LogP contribution in [-0.2, 0) is 0 Å². The average Bonchev–Trinajstić information content (AvgIpc) is 2.45. The Kier molecular flexibility index (Phi) is 4.48. The number of hydrogen-bond donors (Lipinski definition) is 1. The zero-order valence-electron chi connectivity index (χ0n) is 7.88. The zero-order chi connectivity index (χ0) is 9.68. The van der Waals surface area contributed by atoms with Crippen LogP contribution in [0.2, 0.25) is 5.15 Å². The standard InChI is InChI=1S/C8H14ClN3S/c1-12(2)5-3-4-10-8-11-7(9)6-13-8/h6H,3-5H2,1-2H3,(H,10,11). The van der Waals surface area contributed by atoms with Gasteiger partial charge in [0.25, 0.3) is 0 Å². The van der Waals surface area contributed by atoms with Gasteiger partial charge < -0.3 is 10.2 Å². The van der Waals surface area contributed by atoms with Gasteiger partial charge in [-0.05, 0) is 27.1 Å². The monoisotopic (exact) mass is 219 g/mol. The first-order chi connectivity index (χ1) is 6.18. The number of thiazole rings is 1. The molecule has 74 valence electrons. The lowest BCUT2D eigenvalue weighted by Gasteiger charge is -2.08. The van der Waals surface area contributed by atoms with Crippen molar-refractivity contribution < 1.29 is 0 Å². The van der Waals surface area contributed by atoms with E-state index in [9.17, 15) is 0 Å². The topological polar surface area (TPSA) is 28.2 Å². The molecule has 0 saturated heterocycles. The van der Waals surface area contributed by atoms with Crippen LogP contribution < -0.4 is 5.32 Å². The molecule has 1 N–H and O–H groups in total. The fraction of sp³-hybridized carbons (Fsp3) is 0.625. The van der Waals surface area contributed by atoms with Crippen molar-refractivity contribution in [2.45, 2.75) is 6.42 Å². The predicted octanol–water partition coefficient (Wildman–Crippen LogP) is 2.16. The molecule has 0 aliphatic heterocycles. The van der Waals surface area contributed by atoms with Crippen LogP contribution in [-0.4, -0.2) is 37.1 Å². The van der Waals surface area contributed by atoms with Crippen LogP contribution in [0.3, 0.4) is 0 Å². The van der Waals surface area contributed by atoms with E-state index in [4.69, 9.17) is 11.6 Å². The van der Waals surface area contributed by atoms with Crippen LogP contribution in [0.5, 0.6) is 0 Å². The Morgan fingerprint density at radius 3 is 2.92 bits per heavy atom. The van der Waals surface area contributed by atoms with E-state index < -0.39 is 0 Å². The minimum absolute atomic E-state index is 0.570. The summed E-state index contributed by atoms with van der Waals surface area (Å²) >= 11 is 7.22. The third-order valence-electron chi connectivity index (χ3n) is 1.53. The molecule has 0 radical (unpaired) electrons. The Balaban J connectivity index is 2.13. The molecule has 0 amide bonds. The summed E-state index contributed by atoms with van der Waals surface area (Å²) in [6.07, 6.45) is 1.12. The highest BCUT2D eigenvalue weighted by atomic mass is 35.5. The van der Waals surface area contributed by atoms with Gasteiger partial charge in [-0.15, -0.1) is 11.3 Å². The van der Waals surface area contributed by atoms with E-state index in [0.29, 0.717) is 5.15 Å². The first-order valence-corrected chi connectivity index (χ1v) is 5.44. The molecule has 0 unspecified atom stereocenters. The summed E-state index contributed by atoms with van der Waals surface area (Å²) in [5, 5.41) is 6.52. The first-order valence-electron chi connectivity index (χ1n) is 4.18. The van der Waals surface area contributed by atoms with Gasteiger partial charge in [-0.3, -0.25) is 0 Å². The summed E-state index contributed by atoms with van der Waals surface area (Å²) in [7, 11) is 4.14. The number of nitrogens with zero attached hydrogens (tertiary/aromatic N) is 2. The van der Waals surface area contributed by atoms with Crippen molar-refractivity contribution in [3.63, 3.8) is 0 Å². The van der Waals surface area contributed by atoms with Gasteiger partial charge in [0.15, 0.2) is 5.13 Å². The van der Waals surface area contributed by atoms with Crippen molar-refractivity contribution in [2.24, 2.45) is 0 Å². The maximum Gasteiger partial charge on any atom is 0.184 e. The van der Waals surface area contributed by atoms with E-state index in [1.165, 1.54) is 0 Å². The molecule has 1 rings (SSSR count). The van der Waals surface area contributed by atoms with Crippen LogP contribution in [0.4, 0.5) is 5.13 Å². The number of rotatable bonds is 5. The lowest BCUT2D eigenvalue weighted by Crippen LogP contribution is -2.16. The molecule has 0 bridgehead atoms. The van der Waals surface area contributed by atoms with Crippen LogP contribution in [0, 0.1) is 0 Å². The van der Waals surface area contributed by atoms with Crippen LogP contribution in [0.25, 0.3) is 0 Å². The van der Waals surface area contributed by atoms with Gasteiger partial charge in [-0.2, -0.15) is 0 Å². The van der Waals surface area contributed by atoms with Gasteiger partial charge in [0, 0.05) is 11.9 Å². The van der Waals surface area contributed by atoms with Gasteiger partial charge in [0.2, 0.25) is 0 Å². The molecule has 0 saturated carbocycles. The number of nitrogens with one attached hydrogen (secondary N) is 1. The Bertz CT molecular complexity index is 249. The average molecular weight is 220 g/mol. The Hall–Kier alpha value is -0.320. The fourth-order valence-corrected chi connectivity index (χ4v) is 1.79.